The molecule has 24 heavy (non-hydrogen) atoms. The molecule has 2 amide bonds. The van der Waals surface area contributed by atoms with Gasteiger partial charge in [0.25, 0.3) is 0 Å². The number of carbonyl (C=O) groups is 2. The molecule has 0 unspecified atom stereocenters. The molecule has 2 heterocycles. The molecular formula is C19H17NO3S. The summed E-state index contributed by atoms with van der Waals surface area (Å²) in [6, 6.07) is 13.1. The van der Waals surface area contributed by atoms with Crippen LogP contribution in [0, 0.1) is 19.8 Å². The second-order valence-electron chi connectivity index (χ2n) is 6.40. The lowest BCUT2D eigenvalue weighted by Gasteiger charge is -2.28. The van der Waals surface area contributed by atoms with Crippen molar-refractivity contribution in [2.24, 2.45) is 5.92 Å². The van der Waals surface area contributed by atoms with Crippen molar-refractivity contribution >= 4 is 29.3 Å². The predicted molar refractivity (Wildman–Crippen MR) is 92.9 cm³/mol. The normalized spacial score (nSPS) is 25.6. The molecule has 0 spiro atoms. The quantitative estimate of drug-likeness (QED) is 0.812. The van der Waals surface area contributed by atoms with Gasteiger partial charge in [0.15, 0.2) is 0 Å². The number of fused-ring (bicyclic) bond motifs is 2. The summed E-state index contributed by atoms with van der Waals surface area (Å²) in [5, 5.41) is 10.1. The highest BCUT2D eigenvalue weighted by Gasteiger charge is 2.54. The molecule has 2 aliphatic heterocycles. The Kier molecular flexibility index (Phi) is 3.51. The standard InChI is InChI=1S/C19H17NO3S/c1-10-7-11(2)9-12(8-10)20-18(22)15-16(21)13-5-3-4-6-14(13)24-17(15)19(20)23/h3-9,15-17,21H,1-2H3/t15-,16+,17+/m1/s1. The molecule has 4 rings (SSSR count). The summed E-state index contributed by atoms with van der Waals surface area (Å²) in [6.07, 6.45) is -0.945. The highest BCUT2D eigenvalue weighted by molar-refractivity contribution is 8.00. The number of hydrogen-bond donors (Lipinski definition) is 1. The topological polar surface area (TPSA) is 57.6 Å². The maximum absolute atomic E-state index is 12.9. The van der Waals surface area contributed by atoms with E-state index >= 15 is 0 Å². The summed E-state index contributed by atoms with van der Waals surface area (Å²) in [7, 11) is 0. The number of amides is 2. The molecule has 0 radical (unpaired) electrons. The molecule has 0 bridgehead atoms. The lowest BCUT2D eigenvalue weighted by atomic mass is 9.93. The van der Waals surface area contributed by atoms with E-state index in [0.717, 1.165) is 21.6 Å². The SMILES string of the molecule is Cc1cc(C)cc(N2C(=O)[C@H]3[C@H](Sc4ccccc4[C@@H]3O)C2=O)c1. The average molecular weight is 339 g/mol. The van der Waals surface area contributed by atoms with Crippen LogP contribution in [0.5, 0.6) is 0 Å². The number of imide groups is 1. The minimum absolute atomic E-state index is 0.242. The van der Waals surface area contributed by atoms with Gasteiger partial charge in [-0.25, -0.2) is 4.90 Å². The fraction of sp³-hybridized carbons (Fsp3) is 0.263. The number of aryl methyl sites for hydroxylation is 2. The summed E-state index contributed by atoms with van der Waals surface area (Å²) >= 11 is 1.38. The Labute approximate surface area is 144 Å². The van der Waals surface area contributed by atoms with Gasteiger partial charge in [0.05, 0.1) is 17.7 Å². The van der Waals surface area contributed by atoms with Crippen LogP contribution >= 0.6 is 11.8 Å². The van der Waals surface area contributed by atoms with E-state index in [-0.39, 0.29) is 11.8 Å². The van der Waals surface area contributed by atoms with Gasteiger partial charge in [-0.2, -0.15) is 0 Å². The largest absolute Gasteiger partial charge is 0.387 e. The molecular weight excluding hydrogens is 322 g/mol. The fourth-order valence-electron chi connectivity index (χ4n) is 3.59. The third-order valence-electron chi connectivity index (χ3n) is 4.59. The highest BCUT2D eigenvalue weighted by Crippen LogP contribution is 2.49. The van der Waals surface area contributed by atoms with E-state index in [2.05, 4.69) is 0 Å². The Morgan fingerprint density at radius 1 is 1.00 bits per heavy atom. The molecule has 1 N–H and O–H groups in total. The van der Waals surface area contributed by atoms with Crippen molar-refractivity contribution in [1.29, 1.82) is 0 Å². The predicted octanol–water partition coefficient (Wildman–Crippen LogP) is 3.00. The minimum atomic E-state index is -0.945. The van der Waals surface area contributed by atoms with Crippen molar-refractivity contribution in [2.75, 3.05) is 4.90 Å². The van der Waals surface area contributed by atoms with Crippen molar-refractivity contribution in [2.45, 2.75) is 30.1 Å². The number of anilines is 1. The lowest BCUT2D eigenvalue weighted by Crippen LogP contribution is -2.32. The fourth-order valence-corrected chi connectivity index (χ4v) is 4.96. The number of thioether (sulfide) groups is 1. The number of carbonyl (C=O) groups excluding carboxylic acids is 2. The molecule has 0 aromatic heterocycles. The summed E-state index contributed by atoms with van der Waals surface area (Å²) in [5.74, 6) is -1.28. The Morgan fingerprint density at radius 2 is 1.67 bits per heavy atom. The molecule has 2 aliphatic rings. The van der Waals surface area contributed by atoms with Crippen LogP contribution in [0.2, 0.25) is 0 Å². The zero-order chi connectivity index (χ0) is 17.0. The molecule has 2 aromatic carbocycles. The summed E-state index contributed by atoms with van der Waals surface area (Å²) in [5.41, 5.74) is 3.31. The molecule has 5 heteroatoms. The molecule has 1 fully saturated rings. The minimum Gasteiger partial charge on any atom is -0.387 e. The van der Waals surface area contributed by atoms with Crippen molar-refractivity contribution in [3.8, 4) is 0 Å². The van der Waals surface area contributed by atoms with E-state index in [1.54, 1.807) is 0 Å². The number of nitrogens with zero attached hydrogens (tertiary/aromatic N) is 1. The number of aliphatic hydroxyl groups excluding tert-OH is 1. The van der Waals surface area contributed by atoms with E-state index in [9.17, 15) is 14.7 Å². The van der Waals surface area contributed by atoms with Crippen LogP contribution in [0.15, 0.2) is 47.4 Å². The maximum atomic E-state index is 12.9. The average Bonchev–Trinajstić information content (AvgIpc) is 2.78. The van der Waals surface area contributed by atoms with Crippen LogP contribution in [0.3, 0.4) is 0 Å². The van der Waals surface area contributed by atoms with Gasteiger partial charge in [0.2, 0.25) is 11.8 Å². The zero-order valence-corrected chi connectivity index (χ0v) is 14.2. The number of benzene rings is 2. The van der Waals surface area contributed by atoms with Gasteiger partial charge in [-0.1, -0.05) is 24.3 Å². The number of aliphatic hydroxyl groups is 1. The van der Waals surface area contributed by atoms with E-state index < -0.39 is 17.3 Å². The van der Waals surface area contributed by atoms with Gasteiger partial charge in [0.1, 0.15) is 5.25 Å². The summed E-state index contributed by atoms with van der Waals surface area (Å²) in [6.45, 7) is 3.88. The van der Waals surface area contributed by atoms with Gasteiger partial charge < -0.3 is 5.11 Å². The first-order valence-electron chi connectivity index (χ1n) is 7.87. The summed E-state index contributed by atoms with van der Waals surface area (Å²) in [4.78, 5) is 27.9. The monoisotopic (exact) mass is 339 g/mol. The number of hydrogen-bond acceptors (Lipinski definition) is 4. The summed E-state index contributed by atoms with van der Waals surface area (Å²) < 4.78 is 0. The zero-order valence-electron chi connectivity index (χ0n) is 13.4. The van der Waals surface area contributed by atoms with E-state index in [1.165, 1.54) is 16.7 Å². The number of rotatable bonds is 1. The molecule has 4 nitrogen and oxygen atoms in total. The van der Waals surface area contributed by atoms with E-state index in [1.807, 2.05) is 56.3 Å². The van der Waals surface area contributed by atoms with Crippen LogP contribution < -0.4 is 4.90 Å². The molecule has 2 aromatic rings. The van der Waals surface area contributed by atoms with Crippen molar-refractivity contribution in [3.63, 3.8) is 0 Å². The lowest BCUT2D eigenvalue weighted by molar-refractivity contribution is -0.124. The Bertz CT molecular complexity index is 843. The first-order valence-corrected chi connectivity index (χ1v) is 8.75. The molecule has 0 aliphatic carbocycles. The third kappa shape index (κ3) is 2.19. The van der Waals surface area contributed by atoms with Crippen molar-refractivity contribution < 1.29 is 14.7 Å². The second-order valence-corrected chi connectivity index (χ2v) is 7.59. The molecule has 0 saturated carbocycles. The molecule has 122 valence electrons. The highest BCUT2D eigenvalue weighted by atomic mass is 32.2. The second kappa shape index (κ2) is 5.46. The Hall–Kier alpha value is -2.11. The van der Waals surface area contributed by atoms with Crippen LogP contribution in [0.4, 0.5) is 5.69 Å². The molecule has 1 saturated heterocycles. The van der Waals surface area contributed by atoms with Gasteiger partial charge in [-0.15, -0.1) is 11.8 Å². The Balaban J connectivity index is 1.78. The van der Waals surface area contributed by atoms with Crippen LogP contribution in [0.1, 0.15) is 22.8 Å². The smallest absolute Gasteiger partial charge is 0.248 e. The van der Waals surface area contributed by atoms with Gasteiger partial charge >= 0.3 is 0 Å². The van der Waals surface area contributed by atoms with Crippen LogP contribution in [0.25, 0.3) is 0 Å². The first kappa shape index (κ1) is 15.4. The van der Waals surface area contributed by atoms with Gasteiger partial charge in [-0.3, -0.25) is 9.59 Å². The van der Waals surface area contributed by atoms with Crippen LogP contribution in [-0.2, 0) is 9.59 Å². The van der Waals surface area contributed by atoms with Crippen molar-refractivity contribution in [3.05, 3.63) is 59.2 Å². The molecule has 3 atom stereocenters. The maximum Gasteiger partial charge on any atom is 0.248 e. The van der Waals surface area contributed by atoms with E-state index in [4.69, 9.17) is 0 Å². The van der Waals surface area contributed by atoms with E-state index in [0.29, 0.717) is 5.69 Å². The van der Waals surface area contributed by atoms with Crippen molar-refractivity contribution in [1.82, 2.24) is 0 Å². The Morgan fingerprint density at radius 3 is 2.38 bits per heavy atom. The van der Waals surface area contributed by atoms with Gasteiger partial charge in [-0.05, 0) is 48.7 Å². The van der Waals surface area contributed by atoms with Gasteiger partial charge in [0, 0.05) is 4.90 Å². The first-order chi connectivity index (χ1) is 11.5. The van der Waals surface area contributed by atoms with Crippen LogP contribution in [-0.4, -0.2) is 22.2 Å². The third-order valence-corrected chi connectivity index (χ3v) is 5.97.